The molecular formula is C37H71NO2. The van der Waals surface area contributed by atoms with Gasteiger partial charge >= 0.3 is 0 Å². The van der Waals surface area contributed by atoms with Crippen LogP contribution >= 0.6 is 0 Å². The molecule has 0 aliphatic carbocycles. The van der Waals surface area contributed by atoms with Crippen LogP contribution in [0, 0.1) is 0 Å². The molecule has 0 radical (unpaired) electrons. The highest BCUT2D eigenvalue weighted by molar-refractivity contribution is 4.84. The zero-order chi connectivity index (χ0) is 28.8. The van der Waals surface area contributed by atoms with Gasteiger partial charge in [0.1, 0.15) is 0 Å². The largest absolute Gasteiger partial charge is 0.374 e. The molecule has 3 nitrogen and oxygen atoms in total. The van der Waals surface area contributed by atoms with Crippen LogP contribution in [0.5, 0.6) is 0 Å². The van der Waals surface area contributed by atoms with Gasteiger partial charge in [0.25, 0.3) is 0 Å². The van der Waals surface area contributed by atoms with Crippen molar-refractivity contribution in [2.24, 2.45) is 0 Å². The predicted octanol–water partition coefficient (Wildman–Crippen LogP) is 11.2. The van der Waals surface area contributed by atoms with Crippen molar-refractivity contribution in [2.75, 3.05) is 33.4 Å². The van der Waals surface area contributed by atoms with E-state index in [1.165, 1.54) is 154 Å². The van der Waals surface area contributed by atoms with Crippen LogP contribution in [0.2, 0.25) is 0 Å². The number of unbranched alkanes of at least 4 members (excludes halogenated alkanes) is 20. The maximum absolute atomic E-state index is 6.29. The van der Waals surface area contributed by atoms with Crippen molar-refractivity contribution in [2.45, 2.75) is 180 Å². The van der Waals surface area contributed by atoms with Crippen LogP contribution in [0.3, 0.4) is 0 Å². The molecule has 0 unspecified atom stereocenters. The van der Waals surface area contributed by atoms with E-state index in [4.69, 9.17) is 9.47 Å². The highest BCUT2D eigenvalue weighted by Gasteiger charge is 2.32. The van der Waals surface area contributed by atoms with Gasteiger partial charge in [-0.3, -0.25) is 0 Å². The van der Waals surface area contributed by atoms with Crippen LogP contribution in [-0.2, 0) is 9.47 Å². The van der Waals surface area contributed by atoms with Crippen LogP contribution in [0.1, 0.15) is 168 Å². The molecule has 1 fully saturated rings. The summed E-state index contributed by atoms with van der Waals surface area (Å²) in [6, 6.07) is 0. The number of ether oxygens (including phenoxy) is 2. The topological polar surface area (TPSA) is 21.7 Å². The van der Waals surface area contributed by atoms with Crippen molar-refractivity contribution >= 4 is 0 Å². The molecule has 3 heteroatoms. The number of rotatable bonds is 30. The summed E-state index contributed by atoms with van der Waals surface area (Å²) in [6.45, 7) is 8.39. The fourth-order valence-corrected chi connectivity index (χ4v) is 5.71. The molecule has 0 aromatic heterocycles. The lowest BCUT2D eigenvalue weighted by Crippen LogP contribution is -2.30. The summed E-state index contributed by atoms with van der Waals surface area (Å²) in [6.07, 6.45) is 42.1. The third-order valence-electron chi connectivity index (χ3n) is 8.37. The lowest BCUT2D eigenvalue weighted by molar-refractivity contribution is -0.0481. The number of hydrogen-bond acceptors (Lipinski definition) is 3. The number of likely N-dealkylation sites (tertiary alicyclic amines) is 1. The van der Waals surface area contributed by atoms with E-state index in [9.17, 15) is 0 Å². The van der Waals surface area contributed by atoms with Gasteiger partial charge in [-0.25, -0.2) is 0 Å². The molecule has 2 atom stereocenters. The molecule has 0 saturated carbocycles. The number of hydrogen-bond donors (Lipinski definition) is 0. The molecule has 236 valence electrons. The van der Waals surface area contributed by atoms with Gasteiger partial charge < -0.3 is 14.4 Å². The average Bonchev–Trinajstić information content (AvgIpc) is 3.31. The molecular weight excluding hydrogens is 490 g/mol. The summed E-state index contributed by atoms with van der Waals surface area (Å²) in [7, 11) is 2.20. The highest BCUT2D eigenvalue weighted by Crippen LogP contribution is 2.18. The lowest BCUT2D eigenvalue weighted by Gasteiger charge is -2.20. The summed E-state index contributed by atoms with van der Waals surface area (Å²) >= 11 is 0. The molecule has 0 N–H and O–H groups in total. The van der Waals surface area contributed by atoms with Crippen molar-refractivity contribution in [3.63, 3.8) is 0 Å². The van der Waals surface area contributed by atoms with Crippen molar-refractivity contribution < 1.29 is 9.47 Å². The fraction of sp³-hybridized carbons (Fsp3) is 0.892. The summed E-state index contributed by atoms with van der Waals surface area (Å²) in [5, 5.41) is 0. The Morgan fingerprint density at radius 1 is 0.450 bits per heavy atom. The number of allylic oxidation sites excluding steroid dienone is 4. The van der Waals surface area contributed by atoms with E-state index in [1.807, 2.05) is 0 Å². The van der Waals surface area contributed by atoms with Gasteiger partial charge in [-0.2, -0.15) is 0 Å². The standard InChI is InChI=1S/C37H71NO2/c1-4-6-8-10-12-14-16-18-20-22-24-26-28-30-32-39-36-34-38(3)35-37(36)40-33-31-29-27-25-23-21-19-17-15-13-11-9-7-5-2/h14-17,36-37H,4-13,18-35H2,1-3H3/b16-14-,17-15-/t36-,37-/m1/s1. The number of nitrogens with zero attached hydrogens (tertiary/aromatic N) is 1. The maximum atomic E-state index is 6.29. The Hall–Kier alpha value is -0.640. The zero-order valence-electron chi connectivity index (χ0n) is 27.5. The molecule has 0 aromatic rings. The minimum absolute atomic E-state index is 0.262. The van der Waals surface area contributed by atoms with Crippen LogP contribution in [0.4, 0.5) is 0 Å². The molecule has 1 aliphatic heterocycles. The zero-order valence-corrected chi connectivity index (χ0v) is 27.5. The van der Waals surface area contributed by atoms with E-state index in [0.29, 0.717) is 0 Å². The summed E-state index contributed by atoms with van der Waals surface area (Å²) < 4.78 is 12.6. The van der Waals surface area contributed by atoms with Crippen LogP contribution in [0.15, 0.2) is 24.3 Å². The lowest BCUT2D eigenvalue weighted by atomic mass is 10.1. The second kappa shape index (κ2) is 29.8. The Morgan fingerprint density at radius 2 is 0.750 bits per heavy atom. The first-order chi connectivity index (χ1) is 19.8. The molecule has 1 heterocycles. The first-order valence-corrected chi connectivity index (χ1v) is 18.0. The monoisotopic (exact) mass is 562 g/mol. The minimum atomic E-state index is 0.262. The van der Waals surface area contributed by atoms with E-state index < -0.39 is 0 Å². The van der Waals surface area contributed by atoms with Gasteiger partial charge in [0, 0.05) is 26.3 Å². The molecule has 40 heavy (non-hydrogen) atoms. The van der Waals surface area contributed by atoms with Gasteiger partial charge in [-0.1, -0.05) is 128 Å². The second-order valence-corrected chi connectivity index (χ2v) is 12.5. The van der Waals surface area contributed by atoms with E-state index in [0.717, 1.165) is 26.3 Å². The van der Waals surface area contributed by atoms with Gasteiger partial charge in [-0.05, 0) is 71.3 Å². The second-order valence-electron chi connectivity index (χ2n) is 12.5. The van der Waals surface area contributed by atoms with Crippen molar-refractivity contribution in [3.8, 4) is 0 Å². The highest BCUT2D eigenvalue weighted by atomic mass is 16.5. The molecule has 0 aromatic carbocycles. The first kappa shape index (κ1) is 37.4. The van der Waals surface area contributed by atoms with E-state index in [-0.39, 0.29) is 12.2 Å². The summed E-state index contributed by atoms with van der Waals surface area (Å²) in [4.78, 5) is 2.37. The third kappa shape index (κ3) is 24.0. The smallest absolute Gasteiger partial charge is 0.0975 e. The van der Waals surface area contributed by atoms with Gasteiger partial charge in [0.15, 0.2) is 0 Å². The van der Waals surface area contributed by atoms with E-state index in [2.05, 4.69) is 50.1 Å². The Morgan fingerprint density at radius 3 is 1.10 bits per heavy atom. The summed E-state index contributed by atoms with van der Waals surface area (Å²) in [5.41, 5.74) is 0. The Kier molecular flexibility index (Phi) is 27.9. The Labute approximate surface area is 251 Å². The van der Waals surface area contributed by atoms with Gasteiger partial charge in [-0.15, -0.1) is 0 Å². The fourth-order valence-electron chi connectivity index (χ4n) is 5.71. The third-order valence-corrected chi connectivity index (χ3v) is 8.37. The van der Waals surface area contributed by atoms with E-state index >= 15 is 0 Å². The van der Waals surface area contributed by atoms with Gasteiger partial charge in [0.2, 0.25) is 0 Å². The molecule has 1 rings (SSSR count). The van der Waals surface area contributed by atoms with Crippen LogP contribution in [0.25, 0.3) is 0 Å². The Bertz CT molecular complexity index is 512. The van der Waals surface area contributed by atoms with Crippen molar-refractivity contribution in [1.29, 1.82) is 0 Å². The normalized spacial score (nSPS) is 18.2. The van der Waals surface area contributed by atoms with E-state index in [1.54, 1.807) is 0 Å². The maximum Gasteiger partial charge on any atom is 0.0975 e. The summed E-state index contributed by atoms with van der Waals surface area (Å²) in [5.74, 6) is 0. The van der Waals surface area contributed by atoms with Gasteiger partial charge in [0.05, 0.1) is 12.2 Å². The molecule has 0 spiro atoms. The molecule has 1 saturated heterocycles. The predicted molar refractivity (Wildman–Crippen MR) is 177 cm³/mol. The molecule has 0 bridgehead atoms. The minimum Gasteiger partial charge on any atom is -0.374 e. The number of likely N-dealkylation sites (N-methyl/N-ethyl adjacent to an activating group) is 1. The quantitative estimate of drug-likeness (QED) is 0.0643. The van der Waals surface area contributed by atoms with Crippen molar-refractivity contribution in [1.82, 2.24) is 4.90 Å². The molecule has 0 amide bonds. The SMILES string of the molecule is CCCCCC/C=C\CCCCCCCCO[C@@H]1CN(C)C[C@H]1OCCCCCCCC/C=C\CCCCCC. The Balaban J connectivity index is 1.90. The van der Waals surface area contributed by atoms with Crippen LogP contribution < -0.4 is 0 Å². The first-order valence-electron chi connectivity index (χ1n) is 18.0. The van der Waals surface area contributed by atoms with Crippen LogP contribution in [-0.4, -0.2) is 50.5 Å². The molecule has 1 aliphatic rings. The van der Waals surface area contributed by atoms with Crippen molar-refractivity contribution in [3.05, 3.63) is 24.3 Å². The average molecular weight is 562 g/mol.